The van der Waals surface area contributed by atoms with Crippen LogP contribution in [-0.2, 0) is 11.3 Å². The minimum Gasteiger partial charge on any atom is -0.338 e. The first-order valence-corrected chi connectivity index (χ1v) is 11.6. The molecule has 1 saturated carbocycles. The van der Waals surface area contributed by atoms with Crippen LogP contribution in [0.3, 0.4) is 0 Å². The molecule has 3 N–H and O–H groups in total. The molecule has 4 amide bonds. The molecular weight excluding hydrogens is 502 g/mol. The van der Waals surface area contributed by atoms with Crippen molar-refractivity contribution in [1.82, 2.24) is 30.8 Å². The standard InChI is InChI=1S/C22H25F4N7O4/c1-11-17(32-37-31-11)19(34)30-18(13-2-4-14(23)5-3-13)20(35)29-16-8-12(6-7-27-16)9-33-10-15(22(24,25)26)28-21(33)36/h6-8,13-15,18H,2-5,9-10H2,1H3,(H,28,36)(H,30,34)(H,27,29,35)/t13?,14?,15-,18-/m0/s1. The number of rotatable bonds is 7. The lowest BCUT2D eigenvalue weighted by atomic mass is 9.82. The van der Waals surface area contributed by atoms with Crippen molar-refractivity contribution in [2.24, 2.45) is 5.92 Å². The van der Waals surface area contributed by atoms with E-state index in [4.69, 9.17) is 0 Å². The second kappa shape index (κ2) is 10.7. The fourth-order valence-electron chi connectivity index (χ4n) is 4.43. The van der Waals surface area contributed by atoms with Crippen LogP contribution in [0.15, 0.2) is 23.0 Å². The van der Waals surface area contributed by atoms with E-state index in [2.05, 4.69) is 30.6 Å². The van der Waals surface area contributed by atoms with Crippen molar-refractivity contribution < 1.29 is 36.6 Å². The Morgan fingerprint density at radius 1 is 1.24 bits per heavy atom. The van der Waals surface area contributed by atoms with E-state index >= 15 is 0 Å². The van der Waals surface area contributed by atoms with Gasteiger partial charge in [-0.25, -0.2) is 18.8 Å². The lowest BCUT2D eigenvalue weighted by molar-refractivity contribution is -0.149. The minimum atomic E-state index is -4.57. The van der Waals surface area contributed by atoms with Crippen LogP contribution in [0.2, 0.25) is 0 Å². The number of halogens is 4. The van der Waals surface area contributed by atoms with Crippen LogP contribution in [0, 0.1) is 12.8 Å². The zero-order valence-corrected chi connectivity index (χ0v) is 19.7. The Balaban J connectivity index is 1.45. The summed E-state index contributed by atoms with van der Waals surface area (Å²) >= 11 is 0. The predicted octanol–water partition coefficient (Wildman–Crippen LogP) is 2.49. The van der Waals surface area contributed by atoms with E-state index in [1.807, 2.05) is 5.32 Å². The molecular formula is C22H25F4N7O4. The maximum atomic E-state index is 13.7. The number of aromatic nitrogens is 3. The van der Waals surface area contributed by atoms with E-state index < -0.39 is 48.8 Å². The van der Waals surface area contributed by atoms with E-state index in [1.165, 1.54) is 25.3 Å². The number of hydrogen-bond acceptors (Lipinski definition) is 7. The highest BCUT2D eigenvalue weighted by molar-refractivity contribution is 6.00. The van der Waals surface area contributed by atoms with Gasteiger partial charge in [-0.3, -0.25) is 9.59 Å². The molecule has 200 valence electrons. The number of carbonyl (C=O) groups is 3. The quantitative estimate of drug-likeness (QED) is 0.470. The number of hydrogen-bond donors (Lipinski definition) is 3. The van der Waals surface area contributed by atoms with Crippen LogP contribution < -0.4 is 16.0 Å². The third kappa shape index (κ3) is 6.32. The first-order valence-electron chi connectivity index (χ1n) is 11.6. The highest BCUT2D eigenvalue weighted by Gasteiger charge is 2.46. The SMILES string of the molecule is Cc1nonc1C(=O)N[C@H](C(=O)Nc1cc(CN2C[C@@H](C(F)(F)F)NC2=O)ccn1)C1CCC(F)CC1. The Morgan fingerprint density at radius 2 is 1.97 bits per heavy atom. The van der Waals surface area contributed by atoms with Crippen molar-refractivity contribution in [1.29, 1.82) is 0 Å². The van der Waals surface area contributed by atoms with Gasteiger partial charge in [0.25, 0.3) is 5.91 Å². The van der Waals surface area contributed by atoms with Gasteiger partial charge in [-0.05, 0) is 61.4 Å². The summed E-state index contributed by atoms with van der Waals surface area (Å²) in [6.45, 7) is 0.832. The molecule has 2 aromatic rings. The third-order valence-corrected chi connectivity index (χ3v) is 6.44. The number of amides is 4. The smallest absolute Gasteiger partial charge is 0.338 e. The number of carbonyl (C=O) groups excluding carboxylic acids is 3. The number of nitrogens with one attached hydrogen (secondary N) is 3. The Morgan fingerprint density at radius 3 is 2.59 bits per heavy atom. The summed E-state index contributed by atoms with van der Waals surface area (Å²) in [6, 6.07) is -0.929. The monoisotopic (exact) mass is 527 g/mol. The number of aryl methyl sites for hydroxylation is 1. The van der Waals surface area contributed by atoms with E-state index in [1.54, 1.807) is 0 Å². The van der Waals surface area contributed by atoms with Gasteiger partial charge >= 0.3 is 12.2 Å². The van der Waals surface area contributed by atoms with Gasteiger partial charge in [-0.1, -0.05) is 5.16 Å². The molecule has 2 atom stereocenters. The molecule has 0 bridgehead atoms. The van der Waals surface area contributed by atoms with Gasteiger partial charge in [0.1, 0.15) is 29.8 Å². The second-order valence-corrected chi connectivity index (χ2v) is 9.12. The van der Waals surface area contributed by atoms with Crippen LogP contribution in [-0.4, -0.2) is 69.0 Å². The van der Waals surface area contributed by atoms with Crippen molar-refractivity contribution in [3.8, 4) is 0 Å². The summed E-state index contributed by atoms with van der Waals surface area (Å²) in [4.78, 5) is 43.0. The highest BCUT2D eigenvalue weighted by atomic mass is 19.4. The van der Waals surface area contributed by atoms with Crippen LogP contribution >= 0.6 is 0 Å². The fraction of sp³-hybridized carbons (Fsp3) is 0.545. The van der Waals surface area contributed by atoms with Crippen LogP contribution in [0.1, 0.15) is 47.4 Å². The predicted molar refractivity (Wildman–Crippen MR) is 119 cm³/mol. The van der Waals surface area contributed by atoms with Gasteiger partial charge in [0, 0.05) is 12.7 Å². The maximum Gasteiger partial charge on any atom is 0.410 e. The van der Waals surface area contributed by atoms with E-state index in [0.29, 0.717) is 18.4 Å². The van der Waals surface area contributed by atoms with Gasteiger partial charge in [0.05, 0.1) is 6.54 Å². The van der Waals surface area contributed by atoms with Gasteiger partial charge in [-0.15, -0.1) is 0 Å². The number of alkyl halides is 4. The molecule has 2 fully saturated rings. The second-order valence-electron chi connectivity index (χ2n) is 9.12. The molecule has 0 unspecified atom stereocenters. The van der Waals surface area contributed by atoms with Gasteiger partial charge in [0.15, 0.2) is 5.69 Å². The molecule has 3 heterocycles. The molecule has 0 aromatic carbocycles. The van der Waals surface area contributed by atoms with Crippen molar-refractivity contribution in [2.75, 3.05) is 11.9 Å². The molecule has 0 spiro atoms. The van der Waals surface area contributed by atoms with Crippen LogP contribution in [0.4, 0.5) is 28.2 Å². The zero-order chi connectivity index (χ0) is 26.7. The summed E-state index contributed by atoms with van der Waals surface area (Å²) < 4.78 is 57.1. The molecule has 4 rings (SSSR count). The van der Waals surface area contributed by atoms with Crippen molar-refractivity contribution in [2.45, 2.75) is 63.6 Å². The number of urea groups is 1. The molecule has 1 aliphatic carbocycles. The summed E-state index contributed by atoms with van der Waals surface area (Å²) in [7, 11) is 0. The maximum absolute atomic E-state index is 13.7. The number of anilines is 1. The van der Waals surface area contributed by atoms with Crippen LogP contribution in [0.25, 0.3) is 0 Å². The molecule has 2 aromatic heterocycles. The Kier molecular flexibility index (Phi) is 7.59. The van der Waals surface area contributed by atoms with E-state index in [9.17, 15) is 31.9 Å². The Bertz CT molecular complexity index is 1150. The van der Waals surface area contributed by atoms with Crippen molar-refractivity contribution >= 4 is 23.7 Å². The molecule has 0 radical (unpaired) electrons. The van der Waals surface area contributed by atoms with Gasteiger partial charge in [-0.2, -0.15) is 13.2 Å². The molecule has 15 heteroatoms. The molecule has 37 heavy (non-hydrogen) atoms. The topological polar surface area (TPSA) is 142 Å². The summed E-state index contributed by atoms with van der Waals surface area (Å²) in [5.41, 5.74) is 0.585. The summed E-state index contributed by atoms with van der Waals surface area (Å²) in [5.74, 6) is -1.56. The third-order valence-electron chi connectivity index (χ3n) is 6.44. The Hall–Kier alpha value is -3.78. The van der Waals surface area contributed by atoms with Gasteiger partial charge in [0.2, 0.25) is 5.91 Å². The lowest BCUT2D eigenvalue weighted by Crippen LogP contribution is -2.49. The first-order chi connectivity index (χ1) is 17.5. The van der Waals surface area contributed by atoms with E-state index in [0.717, 1.165) is 4.90 Å². The van der Waals surface area contributed by atoms with Crippen molar-refractivity contribution in [3.05, 3.63) is 35.3 Å². The normalized spacial score (nSPS) is 22.9. The lowest BCUT2D eigenvalue weighted by Gasteiger charge is -2.31. The van der Waals surface area contributed by atoms with E-state index in [-0.39, 0.29) is 42.5 Å². The minimum absolute atomic E-state index is 0.0761. The molecule has 11 nitrogen and oxygen atoms in total. The summed E-state index contributed by atoms with van der Waals surface area (Å²) in [5, 5.41) is 14.2. The zero-order valence-electron chi connectivity index (χ0n) is 19.7. The van der Waals surface area contributed by atoms with Crippen LogP contribution in [0.5, 0.6) is 0 Å². The largest absolute Gasteiger partial charge is 0.410 e. The van der Waals surface area contributed by atoms with Gasteiger partial charge < -0.3 is 20.9 Å². The number of pyridine rings is 1. The van der Waals surface area contributed by atoms with Crippen molar-refractivity contribution in [3.63, 3.8) is 0 Å². The summed E-state index contributed by atoms with van der Waals surface area (Å²) in [6.07, 6.45) is -2.97. The average molecular weight is 527 g/mol. The highest BCUT2D eigenvalue weighted by Crippen LogP contribution is 2.30. The number of nitrogens with zero attached hydrogens (tertiary/aromatic N) is 4. The first kappa shape index (κ1) is 26.3. The molecule has 1 saturated heterocycles. The fourth-order valence-corrected chi connectivity index (χ4v) is 4.43. The molecule has 1 aliphatic heterocycles. The molecule has 2 aliphatic rings. The Labute approximate surface area is 208 Å². The average Bonchev–Trinajstić information content (AvgIpc) is 3.43.